The van der Waals surface area contributed by atoms with Gasteiger partial charge in [0.2, 0.25) is 0 Å². The van der Waals surface area contributed by atoms with Gasteiger partial charge in [0.15, 0.2) is 11.5 Å². The van der Waals surface area contributed by atoms with E-state index in [1.807, 2.05) is 24.6 Å². The van der Waals surface area contributed by atoms with Crippen LogP contribution in [0.15, 0.2) is 30.5 Å². The molecule has 1 aliphatic rings. The summed E-state index contributed by atoms with van der Waals surface area (Å²) in [7, 11) is 1.57. The van der Waals surface area contributed by atoms with E-state index in [1.165, 1.54) is 12.8 Å². The molecule has 1 heterocycles. The van der Waals surface area contributed by atoms with Crippen LogP contribution in [0, 0.1) is 5.92 Å². The molecule has 0 saturated heterocycles. The quantitative estimate of drug-likeness (QED) is 0.828. The van der Waals surface area contributed by atoms with E-state index in [0.717, 1.165) is 0 Å². The van der Waals surface area contributed by atoms with Crippen LogP contribution >= 0.6 is 0 Å². The summed E-state index contributed by atoms with van der Waals surface area (Å²) in [5.41, 5.74) is 0.514. The normalized spacial score (nSPS) is 15.1. The van der Waals surface area contributed by atoms with Crippen molar-refractivity contribution in [1.82, 2.24) is 9.78 Å². The smallest absolute Gasteiger partial charge is 0.256 e. The molecule has 6 nitrogen and oxygen atoms in total. The van der Waals surface area contributed by atoms with Crippen LogP contribution in [0.2, 0.25) is 0 Å². The molecule has 1 unspecified atom stereocenters. The lowest BCUT2D eigenvalue weighted by Gasteiger charge is -2.16. The maximum absolute atomic E-state index is 12.6. The van der Waals surface area contributed by atoms with E-state index in [9.17, 15) is 4.79 Å². The Bertz CT molecular complexity index is 750. The van der Waals surface area contributed by atoms with Crippen LogP contribution in [-0.2, 0) is 0 Å². The minimum absolute atomic E-state index is 0.0341. The third-order valence-corrected chi connectivity index (χ3v) is 4.39. The van der Waals surface area contributed by atoms with Crippen molar-refractivity contribution in [3.05, 3.63) is 36.0 Å². The second kappa shape index (κ2) is 7.17. The van der Waals surface area contributed by atoms with Gasteiger partial charge in [-0.2, -0.15) is 5.10 Å². The Kier molecular flexibility index (Phi) is 4.97. The number of amides is 1. The van der Waals surface area contributed by atoms with Gasteiger partial charge in [0, 0.05) is 11.6 Å². The number of hydrogen-bond acceptors (Lipinski definition) is 4. The molecule has 0 radical (unpaired) electrons. The van der Waals surface area contributed by atoms with E-state index in [4.69, 9.17) is 9.47 Å². The van der Waals surface area contributed by atoms with Crippen LogP contribution in [0.25, 0.3) is 0 Å². The molecule has 1 N–H and O–H groups in total. The first-order chi connectivity index (χ1) is 12.0. The summed E-state index contributed by atoms with van der Waals surface area (Å²) in [5, 5.41) is 7.31. The molecular formula is C19H25N3O3. The Labute approximate surface area is 148 Å². The van der Waals surface area contributed by atoms with Crippen LogP contribution in [0.3, 0.4) is 0 Å². The predicted molar refractivity (Wildman–Crippen MR) is 96.4 cm³/mol. The van der Waals surface area contributed by atoms with Crippen LogP contribution in [0.5, 0.6) is 11.5 Å². The van der Waals surface area contributed by atoms with E-state index in [-0.39, 0.29) is 12.0 Å². The molecule has 1 amide bonds. The average molecular weight is 343 g/mol. The topological polar surface area (TPSA) is 65.4 Å². The van der Waals surface area contributed by atoms with E-state index in [0.29, 0.717) is 34.8 Å². The highest BCUT2D eigenvalue weighted by molar-refractivity contribution is 6.04. The fraction of sp³-hybridized carbons (Fsp3) is 0.474. The number of carbonyl (C=O) groups excluding carboxylic acids is 1. The van der Waals surface area contributed by atoms with E-state index in [2.05, 4.69) is 17.3 Å². The second-order valence-corrected chi connectivity index (χ2v) is 6.73. The van der Waals surface area contributed by atoms with E-state index in [1.54, 1.807) is 31.5 Å². The lowest BCUT2D eigenvalue weighted by Crippen LogP contribution is -2.18. The molecule has 0 aliphatic heterocycles. The third kappa shape index (κ3) is 3.95. The van der Waals surface area contributed by atoms with Crippen LogP contribution in [0.4, 0.5) is 5.82 Å². The summed E-state index contributed by atoms with van der Waals surface area (Å²) < 4.78 is 12.9. The molecule has 1 aliphatic carbocycles. The summed E-state index contributed by atoms with van der Waals surface area (Å²) in [6, 6.07) is 7.31. The Hall–Kier alpha value is -2.50. The number of aromatic nitrogens is 2. The molecule has 134 valence electrons. The zero-order chi connectivity index (χ0) is 18.0. The first-order valence-electron chi connectivity index (χ1n) is 8.69. The van der Waals surface area contributed by atoms with Crippen molar-refractivity contribution < 1.29 is 14.3 Å². The molecule has 0 bridgehead atoms. The molecule has 2 aromatic rings. The van der Waals surface area contributed by atoms with E-state index >= 15 is 0 Å². The van der Waals surface area contributed by atoms with Gasteiger partial charge < -0.3 is 14.8 Å². The van der Waals surface area contributed by atoms with Crippen molar-refractivity contribution in [2.24, 2.45) is 5.92 Å². The largest absolute Gasteiger partial charge is 0.493 e. The van der Waals surface area contributed by atoms with Crippen molar-refractivity contribution in [1.29, 1.82) is 0 Å². The zero-order valence-electron chi connectivity index (χ0n) is 15.2. The number of methoxy groups -OCH3 is 1. The first-order valence-corrected chi connectivity index (χ1v) is 8.69. The van der Waals surface area contributed by atoms with Crippen LogP contribution in [-0.4, -0.2) is 28.9 Å². The highest BCUT2D eigenvalue weighted by atomic mass is 16.5. The molecule has 1 aromatic carbocycles. The first kappa shape index (κ1) is 17.3. The Morgan fingerprint density at radius 2 is 2.00 bits per heavy atom. The number of ether oxygens (including phenoxy) is 2. The van der Waals surface area contributed by atoms with Gasteiger partial charge in [-0.25, -0.2) is 4.68 Å². The summed E-state index contributed by atoms with van der Waals surface area (Å²) in [6.45, 7) is 6.03. The van der Waals surface area contributed by atoms with Crippen LogP contribution < -0.4 is 14.8 Å². The molecular weight excluding hydrogens is 318 g/mol. The number of rotatable bonds is 7. The van der Waals surface area contributed by atoms with Crippen molar-refractivity contribution in [2.45, 2.75) is 45.8 Å². The summed E-state index contributed by atoms with van der Waals surface area (Å²) in [6.07, 6.45) is 4.20. The number of carbonyl (C=O) groups is 1. The monoisotopic (exact) mass is 343 g/mol. The predicted octanol–water partition coefficient (Wildman–Crippen LogP) is 3.90. The zero-order valence-corrected chi connectivity index (χ0v) is 15.2. The highest BCUT2D eigenvalue weighted by Crippen LogP contribution is 2.40. The number of nitrogens with zero attached hydrogens (tertiary/aromatic N) is 2. The molecule has 3 rings (SSSR count). The molecule has 0 spiro atoms. The van der Waals surface area contributed by atoms with Crippen molar-refractivity contribution >= 4 is 11.7 Å². The SMILES string of the molecule is COc1cc(C(=O)Nc2ccnn2C(C)C2CC2)ccc1OC(C)C. The lowest BCUT2D eigenvalue weighted by molar-refractivity contribution is 0.102. The fourth-order valence-electron chi connectivity index (χ4n) is 2.86. The number of hydrogen-bond donors (Lipinski definition) is 1. The summed E-state index contributed by atoms with van der Waals surface area (Å²) in [4.78, 5) is 12.6. The minimum Gasteiger partial charge on any atom is -0.493 e. The number of benzene rings is 1. The van der Waals surface area contributed by atoms with Gasteiger partial charge in [0.05, 0.1) is 25.5 Å². The standard InChI is InChI=1S/C19H25N3O3/c1-12(2)25-16-8-7-15(11-17(16)24-4)19(23)21-18-9-10-20-22(18)13(3)14-5-6-14/h7-14H,5-6H2,1-4H3,(H,21,23). The Balaban J connectivity index is 1.76. The molecule has 1 fully saturated rings. The molecule has 1 aromatic heterocycles. The van der Waals surface area contributed by atoms with Gasteiger partial charge in [-0.05, 0) is 57.7 Å². The van der Waals surface area contributed by atoms with Gasteiger partial charge in [0.1, 0.15) is 5.82 Å². The van der Waals surface area contributed by atoms with Gasteiger partial charge in [-0.3, -0.25) is 4.79 Å². The van der Waals surface area contributed by atoms with Crippen molar-refractivity contribution in [3.63, 3.8) is 0 Å². The maximum atomic E-state index is 12.6. The molecule has 6 heteroatoms. The van der Waals surface area contributed by atoms with Gasteiger partial charge in [0.25, 0.3) is 5.91 Å². The summed E-state index contributed by atoms with van der Waals surface area (Å²) in [5.74, 6) is 2.34. The average Bonchev–Trinajstić information content (AvgIpc) is 3.34. The molecule has 1 atom stereocenters. The fourth-order valence-corrected chi connectivity index (χ4v) is 2.86. The molecule has 25 heavy (non-hydrogen) atoms. The summed E-state index contributed by atoms with van der Waals surface area (Å²) >= 11 is 0. The lowest BCUT2D eigenvalue weighted by atomic mass is 10.2. The Morgan fingerprint density at radius 1 is 1.24 bits per heavy atom. The van der Waals surface area contributed by atoms with Gasteiger partial charge in [-0.1, -0.05) is 0 Å². The van der Waals surface area contributed by atoms with E-state index < -0.39 is 0 Å². The maximum Gasteiger partial charge on any atom is 0.256 e. The third-order valence-electron chi connectivity index (χ3n) is 4.39. The number of anilines is 1. The minimum atomic E-state index is -0.195. The highest BCUT2D eigenvalue weighted by Gasteiger charge is 2.30. The Morgan fingerprint density at radius 3 is 2.64 bits per heavy atom. The van der Waals surface area contributed by atoms with Crippen molar-refractivity contribution in [3.8, 4) is 11.5 Å². The van der Waals surface area contributed by atoms with Crippen molar-refractivity contribution in [2.75, 3.05) is 12.4 Å². The number of nitrogens with one attached hydrogen (secondary N) is 1. The van der Waals surface area contributed by atoms with Gasteiger partial charge >= 0.3 is 0 Å². The second-order valence-electron chi connectivity index (χ2n) is 6.73. The van der Waals surface area contributed by atoms with Crippen LogP contribution in [0.1, 0.15) is 50.0 Å². The molecule has 1 saturated carbocycles. The van der Waals surface area contributed by atoms with Gasteiger partial charge in [-0.15, -0.1) is 0 Å².